The predicted octanol–water partition coefficient (Wildman–Crippen LogP) is 3.69. The first-order valence-corrected chi connectivity index (χ1v) is 5.04. The number of allylic oxidation sites excluding steroid dienone is 4. The van der Waals surface area contributed by atoms with Gasteiger partial charge < -0.3 is 9.47 Å². The molecule has 0 saturated carbocycles. The van der Waals surface area contributed by atoms with Crippen LogP contribution >= 0.6 is 0 Å². The van der Waals surface area contributed by atoms with Gasteiger partial charge in [0.05, 0.1) is 12.9 Å². The van der Waals surface area contributed by atoms with Crippen LogP contribution in [0.5, 0.6) is 5.75 Å². The van der Waals surface area contributed by atoms with Crippen molar-refractivity contribution in [2.75, 3.05) is 7.11 Å². The van der Waals surface area contributed by atoms with E-state index < -0.39 is 0 Å². The zero-order valence-electron chi connectivity index (χ0n) is 9.64. The number of rotatable bonds is 5. The third-order valence-electron chi connectivity index (χ3n) is 1.93. The van der Waals surface area contributed by atoms with Crippen molar-refractivity contribution in [1.82, 2.24) is 0 Å². The molecular weight excluding hydrogens is 200 g/mol. The zero-order chi connectivity index (χ0) is 11.8. The van der Waals surface area contributed by atoms with E-state index in [1.165, 1.54) is 0 Å². The Morgan fingerprint density at radius 2 is 1.94 bits per heavy atom. The van der Waals surface area contributed by atoms with Crippen LogP contribution in [0.3, 0.4) is 0 Å². The number of hydrogen-bond donors (Lipinski definition) is 0. The fourth-order valence-electron chi connectivity index (χ4n) is 1.11. The monoisotopic (exact) mass is 216 g/mol. The third-order valence-corrected chi connectivity index (χ3v) is 1.93. The first-order valence-electron chi connectivity index (χ1n) is 5.04. The molecular formula is C14H16O2. The topological polar surface area (TPSA) is 18.5 Å². The molecule has 84 valence electrons. The van der Waals surface area contributed by atoms with Crippen LogP contribution in [0, 0.1) is 0 Å². The van der Waals surface area contributed by atoms with Gasteiger partial charge in [-0.05, 0) is 25.1 Å². The summed E-state index contributed by atoms with van der Waals surface area (Å²) in [6.45, 7) is 5.52. The van der Waals surface area contributed by atoms with Crippen molar-refractivity contribution in [3.05, 3.63) is 66.7 Å². The lowest BCUT2D eigenvalue weighted by atomic mass is 10.3. The fourth-order valence-corrected chi connectivity index (χ4v) is 1.11. The smallest absolute Gasteiger partial charge is 0.130 e. The molecule has 0 heterocycles. The summed E-state index contributed by atoms with van der Waals surface area (Å²) >= 11 is 0. The van der Waals surface area contributed by atoms with Gasteiger partial charge in [-0.25, -0.2) is 0 Å². The number of benzene rings is 1. The molecule has 2 heteroatoms. The molecule has 1 aromatic rings. The molecule has 0 amide bonds. The quantitative estimate of drug-likeness (QED) is 0.552. The van der Waals surface area contributed by atoms with Gasteiger partial charge in [-0.2, -0.15) is 0 Å². The van der Waals surface area contributed by atoms with E-state index in [1.54, 1.807) is 19.3 Å². The molecule has 0 atom stereocenters. The van der Waals surface area contributed by atoms with E-state index in [2.05, 4.69) is 6.58 Å². The molecule has 1 rings (SSSR count). The summed E-state index contributed by atoms with van der Waals surface area (Å²) in [5, 5.41) is 0. The average molecular weight is 216 g/mol. The second-order valence-electron chi connectivity index (χ2n) is 3.18. The highest BCUT2D eigenvalue weighted by molar-refractivity contribution is 5.28. The Kier molecular flexibility index (Phi) is 4.93. The maximum atomic E-state index is 5.66. The van der Waals surface area contributed by atoms with E-state index in [-0.39, 0.29) is 0 Å². The van der Waals surface area contributed by atoms with Crippen LogP contribution in [-0.4, -0.2) is 7.11 Å². The molecule has 0 aliphatic carbocycles. The Morgan fingerprint density at radius 3 is 2.50 bits per heavy atom. The van der Waals surface area contributed by atoms with Crippen molar-refractivity contribution >= 4 is 0 Å². The molecule has 0 unspecified atom stereocenters. The molecule has 0 saturated heterocycles. The van der Waals surface area contributed by atoms with Gasteiger partial charge in [0, 0.05) is 6.08 Å². The van der Waals surface area contributed by atoms with Crippen LogP contribution in [0.2, 0.25) is 0 Å². The Morgan fingerprint density at radius 1 is 1.25 bits per heavy atom. The largest absolute Gasteiger partial charge is 0.501 e. The van der Waals surface area contributed by atoms with Crippen LogP contribution in [0.15, 0.2) is 66.7 Å². The van der Waals surface area contributed by atoms with E-state index in [0.717, 1.165) is 11.5 Å². The summed E-state index contributed by atoms with van der Waals surface area (Å²) in [6.07, 6.45) is 5.28. The SMILES string of the molecule is C=C/C=C(\C=C(/C)OC)Oc1ccccc1. The van der Waals surface area contributed by atoms with Crippen molar-refractivity contribution in [2.45, 2.75) is 6.92 Å². The number of hydrogen-bond acceptors (Lipinski definition) is 2. The molecule has 1 aromatic carbocycles. The molecule has 0 aliphatic rings. The third kappa shape index (κ3) is 4.05. The van der Waals surface area contributed by atoms with Crippen LogP contribution in [-0.2, 0) is 4.74 Å². The minimum atomic E-state index is 0.695. The van der Waals surface area contributed by atoms with E-state index in [4.69, 9.17) is 9.47 Å². The summed E-state index contributed by atoms with van der Waals surface area (Å²) in [5.41, 5.74) is 0. The Labute approximate surface area is 96.5 Å². The van der Waals surface area contributed by atoms with Crippen LogP contribution in [0.25, 0.3) is 0 Å². The highest BCUT2D eigenvalue weighted by atomic mass is 16.5. The number of methoxy groups -OCH3 is 1. The number of para-hydroxylation sites is 1. The van der Waals surface area contributed by atoms with Gasteiger partial charge in [-0.15, -0.1) is 0 Å². The van der Waals surface area contributed by atoms with E-state index >= 15 is 0 Å². The van der Waals surface area contributed by atoms with Crippen LogP contribution < -0.4 is 4.74 Å². The zero-order valence-corrected chi connectivity index (χ0v) is 9.64. The van der Waals surface area contributed by atoms with Gasteiger partial charge in [0.2, 0.25) is 0 Å². The van der Waals surface area contributed by atoms with Gasteiger partial charge >= 0.3 is 0 Å². The Hall–Kier alpha value is -1.96. The maximum absolute atomic E-state index is 5.66. The lowest BCUT2D eigenvalue weighted by Gasteiger charge is -2.07. The standard InChI is InChI=1S/C14H16O2/c1-4-8-14(11-12(2)15-3)16-13-9-6-5-7-10-13/h4-11H,1H2,2-3H3/b12-11+,14-8+. The van der Waals surface area contributed by atoms with Crippen LogP contribution in [0.4, 0.5) is 0 Å². The Bertz CT molecular complexity index is 388. The minimum Gasteiger partial charge on any atom is -0.501 e. The highest BCUT2D eigenvalue weighted by Gasteiger charge is 1.97. The van der Waals surface area contributed by atoms with Gasteiger partial charge in [-0.3, -0.25) is 0 Å². The first kappa shape index (κ1) is 12.1. The molecule has 2 nitrogen and oxygen atoms in total. The summed E-state index contributed by atoms with van der Waals surface area (Å²) in [4.78, 5) is 0. The lowest BCUT2D eigenvalue weighted by Crippen LogP contribution is -1.93. The molecule has 16 heavy (non-hydrogen) atoms. The van der Waals surface area contributed by atoms with Gasteiger partial charge in [-0.1, -0.05) is 30.9 Å². The molecule has 0 aromatic heterocycles. The molecule has 0 N–H and O–H groups in total. The number of ether oxygens (including phenoxy) is 2. The molecule has 0 radical (unpaired) electrons. The van der Waals surface area contributed by atoms with Gasteiger partial charge in [0.15, 0.2) is 0 Å². The summed E-state index contributed by atoms with van der Waals surface area (Å²) in [5.74, 6) is 2.26. The summed E-state index contributed by atoms with van der Waals surface area (Å²) in [6, 6.07) is 9.58. The summed E-state index contributed by atoms with van der Waals surface area (Å²) < 4.78 is 10.7. The highest BCUT2D eigenvalue weighted by Crippen LogP contribution is 2.14. The molecule has 0 bridgehead atoms. The van der Waals surface area contributed by atoms with Crippen molar-refractivity contribution in [1.29, 1.82) is 0 Å². The first-order chi connectivity index (χ1) is 7.76. The summed E-state index contributed by atoms with van der Waals surface area (Å²) in [7, 11) is 1.62. The minimum absolute atomic E-state index is 0.695. The van der Waals surface area contributed by atoms with E-state index in [0.29, 0.717) is 5.76 Å². The van der Waals surface area contributed by atoms with Crippen molar-refractivity contribution in [2.24, 2.45) is 0 Å². The molecule has 0 aliphatic heterocycles. The normalized spacial score (nSPS) is 12.1. The van der Waals surface area contributed by atoms with Crippen molar-refractivity contribution in [3.8, 4) is 5.75 Å². The maximum Gasteiger partial charge on any atom is 0.130 e. The molecule has 0 spiro atoms. The lowest BCUT2D eigenvalue weighted by molar-refractivity contribution is 0.290. The van der Waals surface area contributed by atoms with Crippen molar-refractivity contribution in [3.63, 3.8) is 0 Å². The second-order valence-corrected chi connectivity index (χ2v) is 3.18. The van der Waals surface area contributed by atoms with Crippen molar-refractivity contribution < 1.29 is 9.47 Å². The average Bonchev–Trinajstić information content (AvgIpc) is 2.30. The van der Waals surface area contributed by atoms with E-state index in [1.807, 2.05) is 43.3 Å². The molecule has 0 fully saturated rings. The fraction of sp³-hybridized carbons (Fsp3) is 0.143. The second kappa shape index (κ2) is 6.51. The van der Waals surface area contributed by atoms with Gasteiger partial charge in [0.1, 0.15) is 11.5 Å². The Balaban J connectivity index is 2.81. The van der Waals surface area contributed by atoms with Crippen LogP contribution in [0.1, 0.15) is 6.92 Å². The van der Waals surface area contributed by atoms with Gasteiger partial charge in [0.25, 0.3) is 0 Å². The van der Waals surface area contributed by atoms with E-state index in [9.17, 15) is 0 Å². The predicted molar refractivity (Wildman–Crippen MR) is 66.1 cm³/mol.